The van der Waals surface area contributed by atoms with Gasteiger partial charge in [0.2, 0.25) is 0 Å². The number of hydrogen-bond donors (Lipinski definition) is 1. The zero-order valence-corrected chi connectivity index (χ0v) is 10.3. The van der Waals surface area contributed by atoms with E-state index < -0.39 is 6.10 Å². The van der Waals surface area contributed by atoms with Crippen molar-refractivity contribution in [3.8, 4) is 0 Å². The third kappa shape index (κ3) is 4.81. The molecule has 0 spiro atoms. The van der Waals surface area contributed by atoms with Crippen LogP contribution in [0.4, 0.5) is 4.39 Å². The summed E-state index contributed by atoms with van der Waals surface area (Å²) < 4.78 is 23.3. The molecule has 0 saturated carbocycles. The molecular weight excluding hydrogens is 223 g/mol. The normalized spacial score (nSPS) is 12.7. The van der Waals surface area contributed by atoms with Crippen LogP contribution in [0.1, 0.15) is 23.7 Å². The molecule has 1 unspecified atom stereocenters. The molecule has 0 aliphatic carbocycles. The highest BCUT2D eigenvalue weighted by Crippen LogP contribution is 2.19. The fourth-order valence-electron chi connectivity index (χ4n) is 1.42. The maximum absolute atomic E-state index is 13.3. The maximum atomic E-state index is 13.3. The van der Waals surface area contributed by atoms with Gasteiger partial charge in [0.1, 0.15) is 5.82 Å². The molecular formula is C13H19FO3. The number of aliphatic hydroxyl groups excluding tert-OH is 1. The van der Waals surface area contributed by atoms with Gasteiger partial charge in [-0.05, 0) is 24.1 Å². The second-order valence-corrected chi connectivity index (χ2v) is 3.92. The van der Waals surface area contributed by atoms with Crippen LogP contribution in [0.25, 0.3) is 0 Å². The maximum Gasteiger partial charge on any atom is 0.126 e. The van der Waals surface area contributed by atoms with Crippen LogP contribution < -0.4 is 0 Å². The quantitative estimate of drug-likeness (QED) is 0.745. The van der Waals surface area contributed by atoms with Gasteiger partial charge in [0.15, 0.2) is 0 Å². The molecule has 0 bridgehead atoms. The van der Waals surface area contributed by atoms with Gasteiger partial charge in [-0.1, -0.05) is 12.1 Å². The van der Waals surface area contributed by atoms with Crippen LogP contribution in [0.2, 0.25) is 0 Å². The number of hydrogen-bond acceptors (Lipinski definition) is 3. The minimum Gasteiger partial charge on any atom is -0.388 e. The van der Waals surface area contributed by atoms with Crippen LogP contribution in [0.3, 0.4) is 0 Å². The first-order chi connectivity index (χ1) is 8.15. The second kappa shape index (κ2) is 7.37. The number of aryl methyl sites for hydroxylation is 1. The molecule has 1 atom stereocenters. The Hall–Kier alpha value is -0.970. The average Bonchev–Trinajstić information content (AvgIpc) is 2.32. The molecule has 0 heterocycles. The molecule has 0 aliphatic heterocycles. The highest BCUT2D eigenvalue weighted by molar-refractivity contribution is 5.24. The molecule has 1 N–H and O–H groups in total. The van der Waals surface area contributed by atoms with E-state index in [2.05, 4.69) is 0 Å². The minimum absolute atomic E-state index is 0.290. The third-order valence-electron chi connectivity index (χ3n) is 2.55. The first kappa shape index (κ1) is 14.1. The van der Waals surface area contributed by atoms with Crippen LogP contribution in [-0.2, 0) is 9.47 Å². The van der Waals surface area contributed by atoms with Crippen molar-refractivity contribution in [2.45, 2.75) is 19.4 Å². The summed E-state index contributed by atoms with van der Waals surface area (Å²) >= 11 is 0. The Morgan fingerprint density at radius 1 is 1.29 bits per heavy atom. The van der Waals surface area contributed by atoms with Gasteiger partial charge in [-0.15, -0.1) is 0 Å². The van der Waals surface area contributed by atoms with Gasteiger partial charge in [-0.3, -0.25) is 0 Å². The largest absolute Gasteiger partial charge is 0.388 e. The number of ether oxygens (including phenoxy) is 2. The zero-order valence-electron chi connectivity index (χ0n) is 10.3. The Labute approximate surface area is 101 Å². The van der Waals surface area contributed by atoms with Crippen molar-refractivity contribution in [2.75, 3.05) is 26.9 Å². The van der Waals surface area contributed by atoms with E-state index in [0.29, 0.717) is 37.4 Å². The lowest BCUT2D eigenvalue weighted by molar-refractivity contribution is 0.0475. The Balaban J connectivity index is 2.36. The van der Waals surface area contributed by atoms with Gasteiger partial charge in [0, 0.05) is 20.1 Å². The number of halogens is 1. The number of benzene rings is 1. The molecule has 1 rings (SSSR count). The summed E-state index contributed by atoms with van der Waals surface area (Å²) in [4.78, 5) is 0. The molecule has 3 nitrogen and oxygen atoms in total. The molecule has 0 radical (unpaired) electrons. The lowest BCUT2D eigenvalue weighted by Gasteiger charge is -2.12. The van der Waals surface area contributed by atoms with E-state index in [1.54, 1.807) is 26.2 Å². The highest BCUT2D eigenvalue weighted by Gasteiger charge is 2.09. The molecule has 0 aromatic heterocycles. The predicted molar refractivity (Wildman–Crippen MR) is 63.4 cm³/mol. The van der Waals surface area contributed by atoms with Crippen molar-refractivity contribution in [3.63, 3.8) is 0 Å². The SMILES string of the molecule is COCCOCCC(O)c1ccc(C)c(F)c1. The van der Waals surface area contributed by atoms with Crippen molar-refractivity contribution in [3.05, 3.63) is 35.1 Å². The van der Waals surface area contributed by atoms with Crippen LogP contribution in [0.15, 0.2) is 18.2 Å². The summed E-state index contributed by atoms with van der Waals surface area (Å²) in [5, 5.41) is 9.81. The van der Waals surface area contributed by atoms with Crippen LogP contribution >= 0.6 is 0 Å². The van der Waals surface area contributed by atoms with Crippen LogP contribution in [0, 0.1) is 12.7 Å². The first-order valence-corrected chi connectivity index (χ1v) is 5.66. The van der Waals surface area contributed by atoms with E-state index in [4.69, 9.17) is 9.47 Å². The van der Waals surface area contributed by atoms with E-state index in [9.17, 15) is 9.50 Å². The summed E-state index contributed by atoms with van der Waals surface area (Å²) in [6.45, 7) is 3.17. The Kier molecular flexibility index (Phi) is 6.11. The highest BCUT2D eigenvalue weighted by atomic mass is 19.1. The van der Waals surface area contributed by atoms with Gasteiger partial charge in [-0.25, -0.2) is 4.39 Å². The first-order valence-electron chi connectivity index (χ1n) is 5.66. The zero-order chi connectivity index (χ0) is 12.7. The van der Waals surface area contributed by atoms with Crippen molar-refractivity contribution in [1.29, 1.82) is 0 Å². The molecule has 0 fully saturated rings. The van der Waals surface area contributed by atoms with Crippen molar-refractivity contribution >= 4 is 0 Å². The fourth-order valence-corrected chi connectivity index (χ4v) is 1.42. The lowest BCUT2D eigenvalue weighted by Crippen LogP contribution is -2.07. The lowest BCUT2D eigenvalue weighted by atomic mass is 10.0. The Morgan fingerprint density at radius 2 is 2.06 bits per heavy atom. The van der Waals surface area contributed by atoms with Crippen molar-refractivity contribution in [2.24, 2.45) is 0 Å². The molecule has 96 valence electrons. The van der Waals surface area contributed by atoms with Crippen molar-refractivity contribution < 1.29 is 19.0 Å². The van der Waals surface area contributed by atoms with Crippen molar-refractivity contribution in [1.82, 2.24) is 0 Å². The van der Waals surface area contributed by atoms with Crippen LogP contribution in [-0.4, -0.2) is 32.0 Å². The Morgan fingerprint density at radius 3 is 2.71 bits per heavy atom. The van der Waals surface area contributed by atoms with Gasteiger partial charge < -0.3 is 14.6 Å². The third-order valence-corrected chi connectivity index (χ3v) is 2.55. The molecule has 0 amide bonds. The standard InChI is InChI=1S/C13H19FO3/c1-10-3-4-11(9-12(10)14)13(15)5-6-17-8-7-16-2/h3-4,9,13,15H,5-8H2,1-2H3. The van der Waals surface area contributed by atoms with Gasteiger partial charge in [-0.2, -0.15) is 0 Å². The molecule has 4 heteroatoms. The number of methoxy groups -OCH3 is 1. The number of aliphatic hydroxyl groups is 1. The molecule has 0 aliphatic rings. The van der Waals surface area contributed by atoms with Gasteiger partial charge in [0.25, 0.3) is 0 Å². The van der Waals surface area contributed by atoms with E-state index in [0.717, 1.165) is 0 Å². The monoisotopic (exact) mass is 242 g/mol. The average molecular weight is 242 g/mol. The van der Waals surface area contributed by atoms with E-state index >= 15 is 0 Å². The smallest absolute Gasteiger partial charge is 0.126 e. The minimum atomic E-state index is -0.687. The topological polar surface area (TPSA) is 38.7 Å². The summed E-state index contributed by atoms with van der Waals surface area (Å²) in [5.41, 5.74) is 1.17. The predicted octanol–water partition coefficient (Wildman–Crippen LogP) is 2.22. The van der Waals surface area contributed by atoms with E-state index in [1.807, 2.05) is 0 Å². The van der Waals surface area contributed by atoms with Gasteiger partial charge >= 0.3 is 0 Å². The van der Waals surface area contributed by atoms with E-state index in [-0.39, 0.29) is 5.82 Å². The van der Waals surface area contributed by atoms with Crippen LogP contribution in [0.5, 0.6) is 0 Å². The summed E-state index contributed by atoms with van der Waals surface area (Å²) in [6.07, 6.45) is -0.237. The molecule has 17 heavy (non-hydrogen) atoms. The fraction of sp³-hybridized carbons (Fsp3) is 0.538. The summed E-state index contributed by atoms with van der Waals surface area (Å²) in [6, 6.07) is 4.77. The van der Waals surface area contributed by atoms with E-state index in [1.165, 1.54) is 6.07 Å². The second-order valence-electron chi connectivity index (χ2n) is 3.92. The molecule has 0 saturated heterocycles. The van der Waals surface area contributed by atoms with Gasteiger partial charge in [0.05, 0.1) is 19.3 Å². The summed E-state index contributed by atoms with van der Waals surface area (Å²) in [7, 11) is 1.60. The number of rotatable bonds is 7. The molecule has 1 aromatic carbocycles. The summed E-state index contributed by atoms with van der Waals surface area (Å²) in [5.74, 6) is -0.290. The Bertz CT molecular complexity index is 341. The molecule has 1 aromatic rings.